The van der Waals surface area contributed by atoms with Gasteiger partial charge in [-0.05, 0) is 61.7 Å². The summed E-state index contributed by atoms with van der Waals surface area (Å²) in [5.74, 6) is 0.191. The van der Waals surface area contributed by atoms with Crippen LogP contribution in [0.3, 0.4) is 0 Å². The lowest BCUT2D eigenvalue weighted by Crippen LogP contribution is -2.30. The molecule has 44 heavy (non-hydrogen) atoms. The predicted molar refractivity (Wildman–Crippen MR) is 173 cm³/mol. The number of nitrogens with zero attached hydrogens (tertiary/aromatic N) is 4. The maximum atomic E-state index is 13.3. The van der Waals surface area contributed by atoms with Gasteiger partial charge in [0.1, 0.15) is 25.8 Å². The quantitative estimate of drug-likeness (QED) is 0.0551. The molecule has 1 heterocycles. The first-order chi connectivity index (χ1) is 20.8. The summed E-state index contributed by atoms with van der Waals surface area (Å²) in [6, 6.07) is 15.1. The van der Waals surface area contributed by atoms with E-state index in [2.05, 4.69) is 41.3 Å². The Hall–Kier alpha value is -4.09. The number of hydrogen-bond acceptors (Lipinski definition) is 8. The number of methoxy groups -OCH3 is 1. The number of allylic oxidation sites excluding steroid dienone is 2. The minimum atomic E-state index is -1.24. The van der Waals surface area contributed by atoms with Crippen molar-refractivity contribution in [1.29, 1.82) is 0 Å². The molecule has 0 aliphatic heterocycles. The summed E-state index contributed by atoms with van der Waals surface area (Å²) in [5, 5.41) is 4.65. The molecule has 3 aromatic rings. The van der Waals surface area contributed by atoms with E-state index in [-0.39, 0.29) is 31.7 Å². The summed E-state index contributed by atoms with van der Waals surface area (Å²) in [6.07, 6.45) is 3.33. The van der Waals surface area contributed by atoms with Gasteiger partial charge in [0.15, 0.2) is 5.82 Å². The molecule has 0 amide bonds. The molecular weight excluding hydrogens is 579 g/mol. The van der Waals surface area contributed by atoms with Crippen molar-refractivity contribution in [2.75, 3.05) is 20.3 Å². The number of hydrogen-bond donors (Lipinski definition) is 0. The zero-order valence-corrected chi connectivity index (χ0v) is 27.7. The van der Waals surface area contributed by atoms with Gasteiger partial charge in [-0.25, -0.2) is 9.38 Å². The van der Waals surface area contributed by atoms with E-state index in [1.54, 1.807) is 49.9 Å². The van der Waals surface area contributed by atoms with Crippen molar-refractivity contribution in [3.63, 3.8) is 0 Å². The average molecular weight is 623 g/mol. The van der Waals surface area contributed by atoms with Crippen LogP contribution in [-0.2, 0) is 32.3 Å². The lowest BCUT2D eigenvalue weighted by atomic mass is 9.95. The van der Waals surface area contributed by atoms with Crippen LogP contribution in [0.1, 0.15) is 31.9 Å². The second kappa shape index (κ2) is 15.6. The van der Waals surface area contributed by atoms with Gasteiger partial charge < -0.3 is 18.9 Å². The van der Waals surface area contributed by atoms with Crippen LogP contribution >= 0.6 is 0 Å². The minimum absolute atomic E-state index is 0.121. The molecular formula is C33H43FN4O5Si. The molecule has 0 N–H and O–H groups in total. The molecule has 0 aliphatic rings. The predicted octanol–water partition coefficient (Wildman–Crippen LogP) is 7.14. The SMILES string of the molecule is C=C(C=N/C(=C\C)OCC(C)(C)C(=O)OC)c1ccc(-c2nc(OCc3ccc(F)cc3)n(COCC[Si](C)(C)C)n2)cc1. The zero-order chi connectivity index (χ0) is 32.3. The fraction of sp³-hybridized carbons (Fsp3) is 0.394. The third kappa shape index (κ3) is 10.6. The summed E-state index contributed by atoms with van der Waals surface area (Å²) >= 11 is 0. The Labute approximate surface area is 260 Å². The number of esters is 1. The van der Waals surface area contributed by atoms with Gasteiger partial charge in [0.25, 0.3) is 0 Å². The molecule has 1 aromatic heterocycles. The number of halogens is 1. The number of aromatic nitrogens is 3. The van der Waals surface area contributed by atoms with Crippen molar-refractivity contribution in [2.45, 2.75) is 59.8 Å². The fourth-order valence-corrected chi connectivity index (χ4v) is 4.49. The molecule has 2 aromatic carbocycles. The van der Waals surface area contributed by atoms with Crippen LogP contribution < -0.4 is 4.74 Å². The third-order valence-electron chi connectivity index (χ3n) is 6.56. The largest absolute Gasteiger partial charge is 0.477 e. The van der Waals surface area contributed by atoms with E-state index in [9.17, 15) is 9.18 Å². The average Bonchev–Trinajstić information content (AvgIpc) is 3.41. The summed E-state index contributed by atoms with van der Waals surface area (Å²) in [5.41, 5.74) is 2.31. The normalized spacial score (nSPS) is 12.4. The highest BCUT2D eigenvalue weighted by molar-refractivity contribution is 6.76. The van der Waals surface area contributed by atoms with Crippen LogP contribution in [-0.4, -0.2) is 55.3 Å². The number of carbonyl (C=O) groups is 1. The van der Waals surface area contributed by atoms with E-state index in [0.717, 1.165) is 22.7 Å². The van der Waals surface area contributed by atoms with Gasteiger partial charge in [-0.15, -0.1) is 5.10 Å². The topological polar surface area (TPSA) is 97.1 Å². The minimum Gasteiger partial charge on any atom is -0.477 e. The first kappa shape index (κ1) is 34.4. The van der Waals surface area contributed by atoms with Crippen LogP contribution in [0.2, 0.25) is 25.7 Å². The van der Waals surface area contributed by atoms with Crippen molar-refractivity contribution in [2.24, 2.45) is 10.4 Å². The molecule has 0 atom stereocenters. The van der Waals surface area contributed by atoms with E-state index < -0.39 is 13.5 Å². The van der Waals surface area contributed by atoms with Crippen molar-refractivity contribution < 1.29 is 28.1 Å². The highest BCUT2D eigenvalue weighted by Gasteiger charge is 2.30. The first-order valence-corrected chi connectivity index (χ1v) is 18.1. The first-order valence-electron chi connectivity index (χ1n) is 14.4. The van der Waals surface area contributed by atoms with Gasteiger partial charge in [-0.2, -0.15) is 9.67 Å². The number of benzene rings is 2. The summed E-state index contributed by atoms with van der Waals surface area (Å²) < 4.78 is 37.4. The molecule has 0 saturated carbocycles. The van der Waals surface area contributed by atoms with Crippen molar-refractivity contribution >= 4 is 25.8 Å². The van der Waals surface area contributed by atoms with E-state index >= 15 is 0 Å². The van der Waals surface area contributed by atoms with E-state index in [4.69, 9.17) is 18.9 Å². The molecule has 0 saturated heterocycles. The van der Waals surface area contributed by atoms with Crippen LogP contribution in [0.25, 0.3) is 17.0 Å². The lowest BCUT2D eigenvalue weighted by Gasteiger charge is -2.21. The number of carbonyl (C=O) groups excluding carboxylic acids is 1. The monoisotopic (exact) mass is 622 g/mol. The molecule has 0 spiro atoms. The molecule has 0 unspecified atom stereocenters. The van der Waals surface area contributed by atoms with Crippen LogP contribution in [0.4, 0.5) is 4.39 Å². The Bertz CT molecular complexity index is 1460. The van der Waals surface area contributed by atoms with Crippen LogP contribution in [0.5, 0.6) is 6.01 Å². The summed E-state index contributed by atoms with van der Waals surface area (Å²) in [7, 11) is 0.107. The Morgan fingerprint density at radius 2 is 1.80 bits per heavy atom. The second-order valence-electron chi connectivity index (χ2n) is 12.1. The van der Waals surface area contributed by atoms with Crippen LogP contribution in [0.15, 0.2) is 72.1 Å². The summed E-state index contributed by atoms with van der Waals surface area (Å²) in [4.78, 5) is 20.9. The molecule has 0 fully saturated rings. The standard InChI is InChI=1S/C33H43FN4O5Si/c1-9-29(43-22-33(3,4)31(39)40-5)35-20-24(2)26-12-14-27(15-13-26)30-36-32(42-21-25-10-16-28(34)17-11-25)38(37-30)23-41-18-19-44(6,7)8/h9-17,20H,2,18-19,21-23H2,1,3-8H3/b29-9+,35-20?. The molecule has 0 bridgehead atoms. The van der Waals surface area contributed by atoms with Gasteiger partial charge in [0, 0.05) is 26.5 Å². The zero-order valence-electron chi connectivity index (χ0n) is 26.7. The van der Waals surface area contributed by atoms with Gasteiger partial charge in [0.05, 0.1) is 12.5 Å². The fourth-order valence-electron chi connectivity index (χ4n) is 3.73. The number of rotatable bonds is 16. The van der Waals surface area contributed by atoms with E-state index in [1.807, 2.05) is 24.3 Å². The Balaban J connectivity index is 1.70. The molecule has 3 rings (SSSR count). The summed E-state index contributed by atoms with van der Waals surface area (Å²) in [6.45, 7) is 17.5. The van der Waals surface area contributed by atoms with Crippen LogP contribution in [0, 0.1) is 11.2 Å². The van der Waals surface area contributed by atoms with Crippen molar-refractivity contribution in [1.82, 2.24) is 14.8 Å². The Kier molecular flexibility index (Phi) is 12.2. The van der Waals surface area contributed by atoms with Crippen molar-refractivity contribution in [3.8, 4) is 17.4 Å². The van der Waals surface area contributed by atoms with Crippen molar-refractivity contribution in [3.05, 3.63) is 84.0 Å². The molecule has 236 valence electrons. The molecule has 11 heteroatoms. The second-order valence-corrected chi connectivity index (χ2v) is 17.8. The molecule has 0 radical (unpaired) electrons. The molecule has 9 nitrogen and oxygen atoms in total. The third-order valence-corrected chi connectivity index (χ3v) is 8.26. The van der Waals surface area contributed by atoms with Gasteiger partial charge in [0.2, 0.25) is 5.88 Å². The maximum Gasteiger partial charge on any atom is 0.317 e. The van der Waals surface area contributed by atoms with Gasteiger partial charge in [-0.3, -0.25) is 4.79 Å². The number of aliphatic imine (C=N–C) groups is 1. The maximum absolute atomic E-state index is 13.3. The molecule has 0 aliphatic carbocycles. The van der Waals surface area contributed by atoms with Gasteiger partial charge >= 0.3 is 12.0 Å². The highest BCUT2D eigenvalue weighted by Crippen LogP contribution is 2.23. The highest BCUT2D eigenvalue weighted by atomic mass is 28.3. The van der Waals surface area contributed by atoms with E-state index in [1.165, 1.54) is 19.2 Å². The van der Waals surface area contributed by atoms with Gasteiger partial charge in [-0.1, -0.05) is 62.6 Å². The number of ether oxygens (including phenoxy) is 4. The Morgan fingerprint density at radius 1 is 1.11 bits per heavy atom. The smallest absolute Gasteiger partial charge is 0.317 e. The Morgan fingerprint density at radius 3 is 2.41 bits per heavy atom. The van der Waals surface area contributed by atoms with E-state index in [0.29, 0.717) is 29.9 Å². The lowest BCUT2D eigenvalue weighted by molar-refractivity contribution is -0.153.